The third kappa shape index (κ3) is 5.16. The molecule has 1 N–H and O–H groups in total. The maximum atomic E-state index is 3.59. The average Bonchev–Trinajstić information content (AvgIpc) is 2.45. The van der Waals surface area contributed by atoms with Crippen molar-refractivity contribution in [3.8, 4) is 0 Å². The Morgan fingerprint density at radius 3 is 2.50 bits per heavy atom. The molecule has 1 atom stereocenters. The first-order chi connectivity index (χ1) is 9.54. The highest BCUT2D eigenvalue weighted by molar-refractivity contribution is 5.48. The Morgan fingerprint density at radius 1 is 1.20 bits per heavy atom. The number of nitrogens with one attached hydrogen (secondary N) is 1. The first kappa shape index (κ1) is 17.0. The molecule has 2 heteroatoms. The van der Waals surface area contributed by atoms with Crippen LogP contribution in [-0.4, -0.2) is 26.2 Å². The molecule has 1 rings (SSSR count). The zero-order valence-electron chi connectivity index (χ0n) is 14.0. The number of rotatable bonds is 9. The standard InChI is InChI=1S/C18H32N2/c1-6-12-19-14-18(5,7-2)15-20(8-3)17-11-9-10-16(4)13-17/h9-11,13,19H,6-8,12,14-15H2,1-5H3. The van der Waals surface area contributed by atoms with Gasteiger partial charge in [0.2, 0.25) is 0 Å². The molecule has 0 amide bonds. The Bertz CT molecular complexity index is 389. The number of anilines is 1. The van der Waals surface area contributed by atoms with Gasteiger partial charge >= 0.3 is 0 Å². The molecule has 0 aliphatic carbocycles. The smallest absolute Gasteiger partial charge is 0.0368 e. The topological polar surface area (TPSA) is 15.3 Å². The third-order valence-electron chi connectivity index (χ3n) is 4.15. The summed E-state index contributed by atoms with van der Waals surface area (Å²) in [5.74, 6) is 0. The number of aryl methyl sites for hydroxylation is 1. The van der Waals surface area contributed by atoms with Crippen molar-refractivity contribution in [1.29, 1.82) is 0 Å². The van der Waals surface area contributed by atoms with Crippen LogP contribution in [0, 0.1) is 12.3 Å². The summed E-state index contributed by atoms with van der Waals surface area (Å²) in [6.45, 7) is 15.7. The molecule has 20 heavy (non-hydrogen) atoms. The lowest BCUT2D eigenvalue weighted by Crippen LogP contribution is -2.42. The fourth-order valence-electron chi connectivity index (χ4n) is 2.53. The van der Waals surface area contributed by atoms with Crippen LogP contribution >= 0.6 is 0 Å². The largest absolute Gasteiger partial charge is 0.371 e. The summed E-state index contributed by atoms with van der Waals surface area (Å²) in [4.78, 5) is 2.50. The predicted octanol–water partition coefficient (Wildman–Crippen LogP) is 4.24. The first-order valence-electron chi connectivity index (χ1n) is 8.07. The Morgan fingerprint density at radius 2 is 1.95 bits per heavy atom. The number of benzene rings is 1. The van der Waals surface area contributed by atoms with Crippen molar-refractivity contribution in [2.75, 3.05) is 31.1 Å². The molecule has 114 valence electrons. The van der Waals surface area contributed by atoms with Crippen molar-refractivity contribution in [2.45, 2.75) is 47.5 Å². The van der Waals surface area contributed by atoms with Crippen molar-refractivity contribution in [3.05, 3.63) is 29.8 Å². The van der Waals surface area contributed by atoms with E-state index in [-0.39, 0.29) is 0 Å². The van der Waals surface area contributed by atoms with Crippen LogP contribution in [0.4, 0.5) is 5.69 Å². The van der Waals surface area contributed by atoms with E-state index in [1.807, 2.05) is 0 Å². The third-order valence-corrected chi connectivity index (χ3v) is 4.15. The van der Waals surface area contributed by atoms with E-state index in [2.05, 4.69) is 69.1 Å². The van der Waals surface area contributed by atoms with E-state index in [4.69, 9.17) is 0 Å². The fraction of sp³-hybridized carbons (Fsp3) is 0.667. The zero-order chi connectivity index (χ0) is 15.0. The van der Waals surface area contributed by atoms with Gasteiger partial charge in [0.15, 0.2) is 0 Å². The van der Waals surface area contributed by atoms with E-state index in [0.717, 1.165) is 26.2 Å². The van der Waals surface area contributed by atoms with Crippen molar-refractivity contribution >= 4 is 5.69 Å². The molecule has 0 fully saturated rings. The van der Waals surface area contributed by atoms with Gasteiger partial charge < -0.3 is 10.2 Å². The van der Waals surface area contributed by atoms with Crippen molar-refractivity contribution in [1.82, 2.24) is 5.32 Å². The van der Waals surface area contributed by atoms with E-state index in [9.17, 15) is 0 Å². The second-order valence-corrected chi connectivity index (χ2v) is 6.19. The van der Waals surface area contributed by atoms with Crippen LogP contribution in [0.2, 0.25) is 0 Å². The molecule has 0 aromatic heterocycles. The van der Waals surface area contributed by atoms with E-state index >= 15 is 0 Å². The van der Waals surface area contributed by atoms with Crippen LogP contribution in [-0.2, 0) is 0 Å². The lowest BCUT2D eigenvalue weighted by Gasteiger charge is -2.36. The monoisotopic (exact) mass is 276 g/mol. The molecule has 0 saturated heterocycles. The lowest BCUT2D eigenvalue weighted by atomic mass is 9.86. The summed E-state index contributed by atoms with van der Waals surface area (Å²) in [7, 11) is 0. The van der Waals surface area contributed by atoms with Crippen LogP contribution < -0.4 is 10.2 Å². The summed E-state index contributed by atoms with van der Waals surface area (Å²) in [5.41, 5.74) is 3.01. The molecule has 0 spiro atoms. The second-order valence-electron chi connectivity index (χ2n) is 6.19. The van der Waals surface area contributed by atoms with Crippen molar-refractivity contribution in [2.24, 2.45) is 5.41 Å². The molecule has 1 aromatic carbocycles. The molecule has 0 radical (unpaired) electrons. The van der Waals surface area contributed by atoms with E-state index in [1.54, 1.807) is 0 Å². The van der Waals surface area contributed by atoms with Gasteiger partial charge in [-0.25, -0.2) is 0 Å². The van der Waals surface area contributed by atoms with Gasteiger partial charge in [0, 0.05) is 25.3 Å². The minimum atomic E-state index is 0.328. The highest BCUT2D eigenvalue weighted by atomic mass is 15.1. The lowest BCUT2D eigenvalue weighted by molar-refractivity contribution is 0.296. The first-order valence-corrected chi connectivity index (χ1v) is 8.07. The summed E-state index contributed by atoms with van der Waals surface area (Å²) in [6.07, 6.45) is 2.40. The Hall–Kier alpha value is -1.02. The maximum absolute atomic E-state index is 3.59. The number of nitrogens with zero attached hydrogens (tertiary/aromatic N) is 1. The molecule has 0 aliphatic rings. The Kier molecular flexibility index (Phi) is 7.08. The molecule has 2 nitrogen and oxygen atoms in total. The molecular formula is C18H32N2. The van der Waals surface area contributed by atoms with Crippen molar-refractivity contribution in [3.63, 3.8) is 0 Å². The normalized spacial score (nSPS) is 14.1. The van der Waals surface area contributed by atoms with E-state index in [0.29, 0.717) is 5.41 Å². The fourth-order valence-corrected chi connectivity index (χ4v) is 2.53. The summed E-state index contributed by atoms with van der Waals surface area (Å²) in [6, 6.07) is 8.84. The highest BCUT2D eigenvalue weighted by Crippen LogP contribution is 2.25. The van der Waals surface area contributed by atoms with Crippen LogP contribution in [0.1, 0.15) is 46.1 Å². The van der Waals surface area contributed by atoms with Gasteiger partial charge in [-0.15, -0.1) is 0 Å². The van der Waals surface area contributed by atoms with Crippen LogP contribution in [0.25, 0.3) is 0 Å². The SMILES string of the molecule is CCCNCC(C)(CC)CN(CC)c1cccc(C)c1. The Labute approximate surface area is 125 Å². The quantitative estimate of drug-likeness (QED) is 0.679. The minimum Gasteiger partial charge on any atom is -0.371 e. The van der Waals surface area contributed by atoms with Crippen LogP contribution in [0.15, 0.2) is 24.3 Å². The van der Waals surface area contributed by atoms with Gasteiger partial charge in [-0.2, -0.15) is 0 Å². The maximum Gasteiger partial charge on any atom is 0.0368 e. The van der Waals surface area contributed by atoms with Gasteiger partial charge in [0.25, 0.3) is 0 Å². The average molecular weight is 276 g/mol. The predicted molar refractivity (Wildman–Crippen MR) is 90.6 cm³/mol. The molecule has 1 aromatic rings. The van der Waals surface area contributed by atoms with Crippen LogP contribution in [0.5, 0.6) is 0 Å². The minimum absolute atomic E-state index is 0.328. The van der Waals surface area contributed by atoms with Crippen LogP contribution in [0.3, 0.4) is 0 Å². The van der Waals surface area contributed by atoms with Gasteiger partial charge in [-0.05, 0) is 56.3 Å². The summed E-state index contributed by atoms with van der Waals surface area (Å²) < 4.78 is 0. The van der Waals surface area contributed by atoms with Gasteiger partial charge in [0.05, 0.1) is 0 Å². The number of hydrogen-bond acceptors (Lipinski definition) is 2. The zero-order valence-corrected chi connectivity index (χ0v) is 14.0. The summed E-state index contributed by atoms with van der Waals surface area (Å²) >= 11 is 0. The van der Waals surface area contributed by atoms with Gasteiger partial charge in [-0.3, -0.25) is 0 Å². The van der Waals surface area contributed by atoms with Gasteiger partial charge in [0.1, 0.15) is 0 Å². The van der Waals surface area contributed by atoms with E-state index in [1.165, 1.54) is 24.1 Å². The molecular weight excluding hydrogens is 244 g/mol. The second kappa shape index (κ2) is 8.31. The molecule has 0 aliphatic heterocycles. The number of hydrogen-bond donors (Lipinski definition) is 1. The van der Waals surface area contributed by atoms with E-state index < -0.39 is 0 Å². The molecule has 0 saturated carbocycles. The molecule has 0 heterocycles. The molecule has 1 unspecified atom stereocenters. The summed E-state index contributed by atoms with van der Waals surface area (Å²) in [5, 5.41) is 3.59. The van der Waals surface area contributed by atoms with Gasteiger partial charge in [-0.1, -0.05) is 32.9 Å². The Balaban J connectivity index is 2.74. The molecule has 0 bridgehead atoms. The van der Waals surface area contributed by atoms with Crippen molar-refractivity contribution < 1.29 is 0 Å². The highest BCUT2D eigenvalue weighted by Gasteiger charge is 2.24.